The van der Waals surface area contributed by atoms with Crippen LogP contribution in [0.4, 0.5) is 10.5 Å². The normalized spacial score (nSPS) is 15.6. The molecule has 1 aromatic carbocycles. The van der Waals surface area contributed by atoms with Crippen LogP contribution in [0.25, 0.3) is 0 Å². The van der Waals surface area contributed by atoms with Crippen molar-refractivity contribution >= 4 is 11.7 Å². The van der Waals surface area contributed by atoms with Gasteiger partial charge in [0.05, 0.1) is 0 Å². The molecule has 0 spiro atoms. The first-order chi connectivity index (χ1) is 8.72. The first-order valence-electron chi connectivity index (χ1n) is 6.84. The molecule has 0 atom stereocenters. The molecule has 1 fully saturated rings. The summed E-state index contributed by atoms with van der Waals surface area (Å²) in [6, 6.07) is 8.37. The molecular weight excluding hydrogens is 224 g/mol. The molecule has 1 aliphatic rings. The predicted octanol–water partition coefficient (Wildman–Crippen LogP) is 3.29. The number of aryl methyl sites for hydroxylation is 1. The summed E-state index contributed by atoms with van der Waals surface area (Å²) < 4.78 is 0. The van der Waals surface area contributed by atoms with Crippen LogP contribution in [0.1, 0.15) is 31.7 Å². The van der Waals surface area contributed by atoms with Crippen LogP contribution in [0.15, 0.2) is 24.3 Å². The monoisotopic (exact) mass is 246 g/mol. The number of hydrogen-bond donors (Lipinski definition) is 0. The smallest absolute Gasteiger partial charge is 0.324 e. The summed E-state index contributed by atoms with van der Waals surface area (Å²) in [4.78, 5) is 16.0. The van der Waals surface area contributed by atoms with Gasteiger partial charge in [-0.15, -0.1) is 0 Å². The topological polar surface area (TPSA) is 23.6 Å². The largest absolute Gasteiger partial charge is 0.324 e. The number of nitrogens with zero attached hydrogens (tertiary/aromatic N) is 2. The molecular formula is C15H22N2O. The van der Waals surface area contributed by atoms with Crippen LogP contribution in [0, 0.1) is 0 Å². The van der Waals surface area contributed by atoms with Crippen LogP contribution in [0.2, 0.25) is 0 Å². The molecule has 0 aromatic heterocycles. The molecule has 18 heavy (non-hydrogen) atoms. The quantitative estimate of drug-likeness (QED) is 0.785. The molecule has 1 aromatic rings. The number of rotatable bonds is 2. The van der Waals surface area contributed by atoms with E-state index in [1.54, 1.807) is 4.90 Å². The summed E-state index contributed by atoms with van der Waals surface area (Å²) in [5.41, 5.74) is 2.28. The number of anilines is 1. The highest BCUT2D eigenvalue weighted by atomic mass is 16.2. The van der Waals surface area contributed by atoms with Crippen molar-refractivity contribution in [3.63, 3.8) is 0 Å². The minimum atomic E-state index is 0.124. The second-order valence-corrected chi connectivity index (χ2v) is 4.91. The first-order valence-corrected chi connectivity index (χ1v) is 6.84. The van der Waals surface area contributed by atoms with E-state index in [9.17, 15) is 4.79 Å². The van der Waals surface area contributed by atoms with Crippen LogP contribution >= 0.6 is 0 Å². The van der Waals surface area contributed by atoms with Crippen LogP contribution in [-0.2, 0) is 6.42 Å². The van der Waals surface area contributed by atoms with Gasteiger partial charge < -0.3 is 4.90 Å². The third-order valence-electron chi connectivity index (χ3n) is 3.65. The Hall–Kier alpha value is -1.51. The fraction of sp³-hybridized carbons (Fsp3) is 0.533. The Balaban J connectivity index is 2.04. The second kappa shape index (κ2) is 5.89. The molecule has 0 radical (unpaired) electrons. The van der Waals surface area contributed by atoms with E-state index < -0.39 is 0 Å². The summed E-state index contributed by atoms with van der Waals surface area (Å²) in [6.45, 7) is 3.93. The zero-order valence-electron chi connectivity index (χ0n) is 11.4. The van der Waals surface area contributed by atoms with Crippen molar-refractivity contribution in [1.82, 2.24) is 4.90 Å². The summed E-state index contributed by atoms with van der Waals surface area (Å²) in [5.74, 6) is 0. The molecule has 1 aliphatic heterocycles. The minimum absolute atomic E-state index is 0.124. The van der Waals surface area contributed by atoms with Gasteiger partial charge in [-0.05, 0) is 43.4 Å². The Morgan fingerprint density at radius 3 is 2.33 bits per heavy atom. The van der Waals surface area contributed by atoms with E-state index in [0.29, 0.717) is 0 Å². The summed E-state index contributed by atoms with van der Waals surface area (Å²) >= 11 is 0. The SMILES string of the molecule is CCc1ccc(N(C)C(=O)N2CCCCC2)cc1. The van der Waals surface area contributed by atoms with Gasteiger partial charge in [0, 0.05) is 25.8 Å². The lowest BCUT2D eigenvalue weighted by molar-refractivity contribution is 0.194. The van der Waals surface area contributed by atoms with Crippen LogP contribution in [0.3, 0.4) is 0 Å². The average Bonchev–Trinajstić information content (AvgIpc) is 2.47. The summed E-state index contributed by atoms with van der Waals surface area (Å²) in [6.07, 6.45) is 4.55. The Kier molecular flexibility index (Phi) is 4.24. The van der Waals surface area contributed by atoms with Gasteiger partial charge >= 0.3 is 6.03 Å². The lowest BCUT2D eigenvalue weighted by Gasteiger charge is -2.31. The highest BCUT2D eigenvalue weighted by molar-refractivity contribution is 5.91. The molecule has 2 rings (SSSR count). The molecule has 3 heteroatoms. The fourth-order valence-electron chi connectivity index (χ4n) is 2.36. The highest BCUT2D eigenvalue weighted by Gasteiger charge is 2.20. The Bertz CT molecular complexity index is 393. The summed E-state index contributed by atoms with van der Waals surface area (Å²) in [7, 11) is 1.86. The van der Waals surface area contributed by atoms with E-state index in [2.05, 4.69) is 19.1 Å². The molecule has 0 bridgehead atoms. The van der Waals surface area contributed by atoms with E-state index in [0.717, 1.165) is 38.0 Å². The van der Waals surface area contributed by atoms with E-state index in [1.807, 2.05) is 24.1 Å². The Labute approximate surface area is 109 Å². The van der Waals surface area contributed by atoms with Crippen molar-refractivity contribution in [2.45, 2.75) is 32.6 Å². The van der Waals surface area contributed by atoms with E-state index >= 15 is 0 Å². The zero-order chi connectivity index (χ0) is 13.0. The Morgan fingerprint density at radius 1 is 1.17 bits per heavy atom. The maximum Gasteiger partial charge on any atom is 0.324 e. The van der Waals surface area contributed by atoms with Gasteiger partial charge in [-0.2, -0.15) is 0 Å². The summed E-state index contributed by atoms with van der Waals surface area (Å²) in [5, 5.41) is 0. The van der Waals surface area contributed by atoms with Crippen molar-refractivity contribution in [2.75, 3.05) is 25.0 Å². The van der Waals surface area contributed by atoms with Gasteiger partial charge in [0.2, 0.25) is 0 Å². The Morgan fingerprint density at radius 2 is 1.78 bits per heavy atom. The van der Waals surface area contributed by atoms with E-state index in [4.69, 9.17) is 0 Å². The van der Waals surface area contributed by atoms with E-state index in [1.165, 1.54) is 12.0 Å². The van der Waals surface area contributed by atoms with Crippen molar-refractivity contribution in [1.29, 1.82) is 0 Å². The number of likely N-dealkylation sites (tertiary alicyclic amines) is 1. The van der Waals surface area contributed by atoms with Crippen molar-refractivity contribution < 1.29 is 4.79 Å². The molecule has 0 N–H and O–H groups in total. The standard InChI is InChI=1S/C15H22N2O/c1-3-13-7-9-14(10-8-13)16(2)15(18)17-11-5-4-6-12-17/h7-10H,3-6,11-12H2,1-2H3. The molecule has 1 heterocycles. The number of carbonyl (C=O) groups is 1. The predicted molar refractivity (Wildman–Crippen MR) is 75.0 cm³/mol. The molecule has 0 saturated carbocycles. The molecule has 98 valence electrons. The third kappa shape index (κ3) is 2.84. The third-order valence-corrected chi connectivity index (χ3v) is 3.65. The number of amides is 2. The minimum Gasteiger partial charge on any atom is -0.324 e. The molecule has 0 unspecified atom stereocenters. The number of carbonyl (C=O) groups excluding carboxylic acids is 1. The number of urea groups is 1. The van der Waals surface area contributed by atoms with Crippen molar-refractivity contribution in [3.8, 4) is 0 Å². The maximum absolute atomic E-state index is 12.3. The van der Waals surface area contributed by atoms with Gasteiger partial charge in [0.1, 0.15) is 0 Å². The van der Waals surface area contributed by atoms with Crippen LogP contribution < -0.4 is 4.90 Å². The van der Waals surface area contributed by atoms with Crippen LogP contribution in [-0.4, -0.2) is 31.1 Å². The fourth-order valence-corrected chi connectivity index (χ4v) is 2.36. The molecule has 2 amide bonds. The van der Waals surface area contributed by atoms with Gasteiger partial charge in [0.25, 0.3) is 0 Å². The number of hydrogen-bond acceptors (Lipinski definition) is 1. The first kappa shape index (κ1) is 12.9. The van der Waals surface area contributed by atoms with Crippen molar-refractivity contribution in [3.05, 3.63) is 29.8 Å². The molecule has 1 saturated heterocycles. The zero-order valence-corrected chi connectivity index (χ0v) is 11.4. The van der Waals surface area contributed by atoms with Crippen molar-refractivity contribution in [2.24, 2.45) is 0 Å². The lowest BCUT2D eigenvalue weighted by atomic mass is 10.1. The van der Waals surface area contributed by atoms with Gasteiger partial charge in [-0.25, -0.2) is 4.79 Å². The number of piperidine rings is 1. The van der Waals surface area contributed by atoms with Gasteiger partial charge in [0.15, 0.2) is 0 Å². The lowest BCUT2D eigenvalue weighted by Crippen LogP contribution is -2.43. The number of benzene rings is 1. The second-order valence-electron chi connectivity index (χ2n) is 4.91. The maximum atomic E-state index is 12.3. The molecule has 3 nitrogen and oxygen atoms in total. The van der Waals surface area contributed by atoms with Gasteiger partial charge in [-0.3, -0.25) is 4.90 Å². The van der Waals surface area contributed by atoms with E-state index in [-0.39, 0.29) is 6.03 Å². The average molecular weight is 246 g/mol. The highest BCUT2D eigenvalue weighted by Crippen LogP contribution is 2.18. The molecule has 0 aliphatic carbocycles. The van der Waals surface area contributed by atoms with Crippen LogP contribution in [0.5, 0.6) is 0 Å². The van der Waals surface area contributed by atoms with Gasteiger partial charge in [-0.1, -0.05) is 19.1 Å².